The summed E-state index contributed by atoms with van der Waals surface area (Å²) in [7, 11) is 1.62. The molecule has 1 amide bonds. The van der Waals surface area contributed by atoms with E-state index in [1.54, 1.807) is 25.4 Å². The Morgan fingerprint density at radius 3 is 2.96 bits per heavy atom. The van der Waals surface area contributed by atoms with Gasteiger partial charge in [-0.3, -0.25) is 4.79 Å². The van der Waals surface area contributed by atoms with Crippen LogP contribution in [0.2, 0.25) is 0 Å². The molecule has 0 unspecified atom stereocenters. The van der Waals surface area contributed by atoms with Crippen molar-refractivity contribution >= 4 is 22.6 Å². The van der Waals surface area contributed by atoms with Gasteiger partial charge in [-0.1, -0.05) is 18.2 Å². The van der Waals surface area contributed by atoms with Gasteiger partial charge in [0.2, 0.25) is 0 Å². The van der Waals surface area contributed by atoms with E-state index in [4.69, 9.17) is 0 Å². The molecule has 0 saturated heterocycles. The molecule has 5 nitrogen and oxygen atoms in total. The molecule has 0 spiro atoms. The van der Waals surface area contributed by atoms with Gasteiger partial charge in [-0.05, 0) is 36.6 Å². The number of rotatable bonds is 6. The van der Waals surface area contributed by atoms with Crippen molar-refractivity contribution in [2.45, 2.75) is 12.8 Å². The number of nitrogens with zero attached hydrogens (tertiary/aromatic N) is 1. The molecule has 2 aromatic heterocycles. The van der Waals surface area contributed by atoms with Gasteiger partial charge in [0.25, 0.3) is 5.91 Å². The highest BCUT2D eigenvalue weighted by Gasteiger charge is 2.10. The van der Waals surface area contributed by atoms with Crippen molar-refractivity contribution in [1.29, 1.82) is 0 Å². The van der Waals surface area contributed by atoms with E-state index in [1.165, 1.54) is 16.5 Å². The fourth-order valence-electron chi connectivity index (χ4n) is 2.69. The summed E-state index contributed by atoms with van der Waals surface area (Å²) in [5.41, 5.74) is 3.05. The minimum atomic E-state index is -0.128. The number of carbonyl (C=O) groups excluding carboxylic acids is 1. The van der Waals surface area contributed by atoms with Crippen LogP contribution in [-0.2, 0) is 6.42 Å². The third-order valence-corrected chi connectivity index (χ3v) is 3.87. The SMILES string of the molecule is CNC(=O)c1cccnc1NCCCc1c[nH]c2ccccc12. The number of hydrogen-bond acceptors (Lipinski definition) is 3. The largest absolute Gasteiger partial charge is 0.369 e. The summed E-state index contributed by atoms with van der Waals surface area (Å²) >= 11 is 0. The summed E-state index contributed by atoms with van der Waals surface area (Å²) in [6.07, 6.45) is 5.70. The number of aromatic amines is 1. The maximum absolute atomic E-state index is 11.8. The van der Waals surface area contributed by atoms with Gasteiger partial charge in [0.1, 0.15) is 5.82 Å². The fourth-order valence-corrected chi connectivity index (χ4v) is 2.69. The molecule has 0 bridgehead atoms. The number of pyridine rings is 1. The first kappa shape index (κ1) is 15.1. The van der Waals surface area contributed by atoms with E-state index in [0.29, 0.717) is 11.4 Å². The number of anilines is 1. The lowest BCUT2D eigenvalue weighted by molar-refractivity contribution is 0.0963. The quantitative estimate of drug-likeness (QED) is 0.613. The second kappa shape index (κ2) is 6.96. The average molecular weight is 308 g/mol. The first-order valence-corrected chi connectivity index (χ1v) is 7.75. The minimum absolute atomic E-state index is 0.128. The summed E-state index contributed by atoms with van der Waals surface area (Å²) < 4.78 is 0. The average Bonchev–Trinajstić information content (AvgIpc) is 3.01. The molecule has 118 valence electrons. The van der Waals surface area contributed by atoms with Crippen molar-refractivity contribution < 1.29 is 4.79 Å². The molecule has 2 heterocycles. The van der Waals surface area contributed by atoms with E-state index in [2.05, 4.69) is 45.0 Å². The predicted molar refractivity (Wildman–Crippen MR) is 92.7 cm³/mol. The topological polar surface area (TPSA) is 69.8 Å². The maximum Gasteiger partial charge on any atom is 0.254 e. The summed E-state index contributed by atoms with van der Waals surface area (Å²) in [6, 6.07) is 11.8. The van der Waals surface area contributed by atoms with Crippen LogP contribution in [0.4, 0.5) is 5.82 Å². The van der Waals surface area contributed by atoms with Crippen molar-refractivity contribution in [3.63, 3.8) is 0 Å². The van der Waals surface area contributed by atoms with Crippen LogP contribution in [-0.4, -0.2) is 29.5 Å². The Labute approximate surface area is 135 Å². The first-order chi connectivity index (χ1) is 11.3. The van der Waals surface area contributed by atoms with Crippen LogP contribution in [0.5, 0.6) is 0 Å². The molecule has 0 aliphatic rings. The molecule has 23 heavy (non-hydrogen) atoms. The lowest BCUT2D eigenvalue weighted by Gasteiger charge is -2.09. The third kappa shape index (κ3) is 3.34. The third-order valence-electron chi connectivity index (χ3n) is 3.87. The summed E-state index contributed by atoms with van der Waals surface area (Å²) in [4.78, 5) is 19.4. The highest BCUT2D eigenvalue weighted by molar-refractivity contribution is 5.98. The molecular weight excluding hydrogens is 288 g/mol. The molecule has 0 radical (unpaired) electrons. The molecule has 0 fully saturated rings. The van der Waals surface area contributed by atoms with Crippen molar-refractivity contribution in [2.24, 2.45) is 0 Å². The summed E-state index contributed by atoms with van der Waals surface area (Å²) in [5, 5.41) is 7.16. The Balaban J connectivity index is 1.59. The standard InChI is InChI=1S/C18H20N4O/c1-19-18(23)15-8-5-11-21-17(15)20-10-4-6-13-12-22-16-9-3-2-7-14(13)16/h2-3,5,7-9,11-12,22H,4,6,10H2,1H3,(H,19,23)(H,20,21). The second-order valence-corrected chi connectivity index (χ2v) is 5.37. The molecule has 0 atom stereocenters. The Kier molecular flexibility index (Phi) is 4.57. The first-order valence-electron chi connectivity index (χ1n) is 7.75. The van der Waals surface area contributed by atoms with Crippen LogP contribution in [0, 0.1) is 0 Å². The van der Waals surface area contributed by atoms with Crippen molar-refractivity contribution in [2.75, 3.05) is 18.9 Å². The Morgan fingerprint density at radius 1 is 1.22 bits per heavy atom. The minimum Gasteiger partial charge on any atom is -0.369 e. The van der Waals surface area contributed by atoms with E-state index < -0.39 is 0 Å². The smallest absolute Gasteiger partial charge is 0.254 e. The monoisotopic (exact) mass is 308 g/mol. The number of hydrogen-bond donors (Lipinski definition) is 3. The van der Waals surface area contributed by atoms with Crippen LogP contribution >= 0.6 is 0 Å². The van der Waals surface area contributed by atoms with Gasteiger partial charge in [0.05, 0.1) is 5.56 Å². The van der Waals surface area contributed by atoms with Gasteiger partial charge in [0.15, 0.2) is 0 Å². The van der Waals surface area contributed by atoms with E-state index in [1.807, 2.05) is 6.07 Å². The summed E-state index contributed by atoms with van der Waals surface area (Å²) in [5.74, 6) is 0.503. The number of fused-ring (bicyclic) bond motifs is 1. The Hall–Kier alpha value is -2.82. The second-order valence-electron chi connectivity index (χ2n) is 5.37. The van der Waals surface area contributed by atoms with Gasteiger partial charge in [-0.15, -0.1) is 0 Å². The number of benzene rings is 1. The van der Waals surface area contributed by atoms with E-state index in [9.17, 15) is 4.79 Å². The number of aryl methyl sites for hydroxylation is 1. The molecule has 0 saturated carbocycles. The molecule has 3 rings (SSSR count). The van der Waals surface area contributed by atoms with Crippen molar-refractivity contribution in [3.8, 4) is 0 Å². The lowest BCUT2D eigenvalue weighted by Crippen LogP contribution is -2.20. The molecule has 1 aromatic carbocycles. The number of amides is 1. The summed E-state index contributed by atoms with van der Waals surface area (Å²) in [6.45, 7) is 0.764. The van der Waals surface area contributed by atoms with Crippen LogP contribution in [0.1, 0.15) is 22.3 Å². The van der Waals surface area contributed by atoms with Gasteiger partial charge in [-0.2, -0.15) is 0 Å². The van der Waals surface area contributed by atoms with E-state index in [-0.39, 0.29) is 5.91 Å². The molecular formula is C18H20N4O. The van der Waals surface area contributed by atoms with Crippen LogP contribution < -0.4 is 10.6 Å². The molecule has 3 aromatic rings. The van der Waals surface area contributed by atoms with Crippen molar-refractivity contribution in [3.05, 3.63) is 59.9 Å². The number of H-pyrrole nitrogens is 1. The number of carbonyl (C=O) groups is 1. The number of aromatic nitrogens is 2. The predicted octanol–water partition coefficient (Wildman–Crippen LogP) is 2.97. The van der Waals surface area contributed by atoms with Crippen LogP contribution in [0.3, 0.4) is 0 Å². The number of para-hydroxylation sites is 1. The Morgan fingerprint density at radius 2 is 2.09 bits per heavy atom. The maximum atomic E-state index is 11.8. The zero-order valence-corrected chi connectivity index (χ0v) is 13.1. The van der Waals surface area contributed by atoms with Crippen molar-refractivity contribution in [1.82, 2.24) is 15.3 Å². The van der Waals surface area contributed by atoms with Gasteiger partial charge in [-0.25, -0.2) is 4.98 Å². The molecule has 0 aliphatic heterocycles. The van der Waals surface area contributed by atoms with Crippen LogP contribution in [0.15, 0.2) is 48.8 Å². The van der Waals surface area contributed by atoms with Gasteiger partial charge >= 0.3 is 0 Å². The van der Waals surface area contributed by atoms with E-state index >= 15 is 0 Å². The van der Waals surface area contributed by atoms with Gasteiger partial charge in [0, 0.05) is 36.9 Å². The zero-order chi connectivity index (χ0) is 16.1. The lowest BCUT2D eigenvalue weighted by atomic mass is 10.1. The van der Waals surface area contributed by atoms with Crippen LogP contribution in [0.25, 0.3) is 10.9 Å². The zero-order valence-electron chi connectivity index (χ0n) is 13.1. The Bertz CT molecular complexity index is 809. The highest BCUT2D eigenvalue weighted by atomic mass is 16.1. The van der Waals surface area contributed by atoms with E-state index in [0.717, 1.165) is 19.4 Å². The molecule has 0 aliphatic carbocycles. The fraction of sp³-hybridized carbons (Fsp3) is 0.222. The molecule has 3 N–H and O–H groups in total. The molecule has 5 heteroatoms. The van der Waals surface area contributed by atoms with Gasteiger partial charge < -0.3 is 15.6 Å². The number of nitrogens with one attached hydrogen (secondary N) is 3. The normalized spacial score (nSPS) is 10.7. The highest BCUT2D eigenvalue weighted by Crippen LogP contribution is 2.19.